The highest BCUT2D eigenvalue weighted by Crippen LogP contribution is 2.24. The smallest absolute Gasteiger partial charge is 0.276 e. The lowest BCUT2D eigenvalue weighted by Gasteiger charge is -2.33. The molecule has 0 aliphatic heterocycles. The Bertz CT molecular complexity index is 705. The molecule has 1 aromatic carbocycles. The summed E-state index contributed by atoms with van der Waals surface area (Å²) in [5.74, 6) is 1.62. The average Bonchev–Trinajstić information content (AvgIpc) is 3.27. The van der Waals surface area contributed by atoms with Gasteiger partial charge in [0.05, 0.1) is 26.8 Å². The van der Waals surface area contributed by atoms with Crippen LogP contribution in [-0.4, -0.2) is 70.5 Å². The quantitative estimate of drug-likeness (QED) is 0.170. The first-order valence-corrected chi connectivity index (χ1v) is 13.2. The number of hydrogen-bond donors (Lipinski definition) is 2. The lowest BCUT2D eigenvalue weighted by Crippen LogP contribution is -2.48. The Morgan fingerprint density at radius 2 is 1.31 bits per heavy atom. The van der Waals surface area contributed by atoms with Gasteiger partial charge in [-0.25, -0.2) is 0 Å². The lowest BCUT2D eigenvalue weighted by atomic mass is 10.1. The van der Waals surface area contributed by atoms with Gasteiger partial charge in [-0.15, -0.1) is 10.2 Å². The van der Waals surface area contributed by atoms with Crippen LogP contribution in [0.25, 0.3) is 11.5 Å². The van der Waals surface area contributed by atoms with Crippen LogP contribution in [0.2, 0.25) is 0 Å². The van der Waals surface area contributed by atoms with E-state index in [2.05, 4.69) is 17.2 Å². The fraction of sp³-hybridized carbons (Fsp3) is 0.680. The Labute approximate surface area is 198 Å². The van der Waals surface area contributed by atoms with Crippen molar-refractivity contribution in [3.05, 3.63) is 30.3 Å². The third-order valence-electron chi connectivity index (χ3n) is 6.02. The summed E-state index contributed by atoms with van der Waals surface area (Å²) < 4.78 is 6.51. The highest BCUT2D eigenvalue weighted by Gasteiger charge is 2.19. The number of aliphatic hydroxyl groups is 2. The Kier molecular flexibility index (Phi) is 13.6. The standard InChI is InChI=1S/C25H42N3O3S/c1-28(18-20-29,19-21-30)17-13-8-6-4-2-3-5-7-9-14-22-32-25-27-26-24(31-25)23-15-11-10-12-16-23/h10-12,15-16,29-30H,2-9,13-14,17-22H2,1H3/q+1. The molecule has 2 N–H and O–H groups in total. The molecule has 0 saturated carbocycles. The molecule has 0 unspecified atom stereocenters. The van der Waals surface area contributed by atoms with Crippen molar-refractivity contribution in [3.63, 3.8) is 0 Å². The molecule has 2 rings (SSSR count). The van der Waals surface area contributed by atoms with Gasteiger partial charge < -0.3 is 19.1 Å². The van der Waals surface area contributed by atoms with Gasteiger partial charge in [0.15, 0.2) is 0 Å². The van der Waals surface area contributed by atoms with E-state index >= 15 is 0 Å². The van der Waals surface area contributed by atoms with Crippen LogP contribution < -0.4 is 0 Å². The predicted molar refractivity (Wildman–Crippen MR) is 132 cm³/mol. The normalized spacial score (nSPS) is 11.8. The molecule has 0 bridgehead atoms. The minimum absolute atomic E-state index is 0.196. The second kappa shape index (κ2) is 16.2. The SMILES string of the molecule is C[N+](CCO)(CCO)CCCCCCCCCCCCSc1nnc(-c2ccccc2)o1. The summed E-state index contributed by atoms with van der Waals surface area (Å²) in [5, 5.41) is 27.3. The molecule has 0 radical (unpaired) electrons. The van der Waals surface area contributed by atoms with Crippen molar-refractivity contribution in [1.82, 2.24) is 10.2 Å². The monoisotopic (exact) mass is 464 g/mol. The molecule has 32 heavy (non-hydrogen) atoms. The van der Waals surface area contributed by atoms with Crippen LogP contribution >= 0.6 is 11.8 Å². The van der Waals surface area contributed by atoms with E-state index in [1.54, 1.807) is 11.8 Å². The van der Waals surface area contributed by atoms with E-state index in [1.807, 2.05) is 30.3 Å². The van der Waals surface area contributed by atoms with Gasteiger partial charge in [-0.1, -0.05) is 74.9 Å². The number of unbranched alkanes of at least 4 members (excludes halogenated alkanes) is 9. The summed E-state index contributed by atoms with van der Waals surface area (Å²) in [5.41, 5.74) is 0.966. The lowest BCUT2D eigenvalue weighted by molar-refractivity contribution is -0.910. The Morgan fingerprint density at radius 1 is 0.750 bits per heavy atom. The number of hydrogen-bond acceptors (Lipinski definition) is 6. The minimum Gasteiger partial charge on any atom is -0.411 e. The molecule has 0 spiro atoms. The van der Waals surface area contributed by atoms with Gasteiger partial charge in [0.2, 0.25) is 5.89 Å². The van der Waals surface area contributed by atoms with Crippen LogP contribution in [0.5, 0.6) is 0 Å². The molecule has 1 heterocycles. The molecule has 0 atom stereocenters. The highest BCUT2D eigenvalue weighted by molar-refractivity contribution is 7.99. The van der Waals surface area contributed by atoms with Crippen molar-refractivity contribution in [2.45, 2.75) is 69.4 Å². The van der Waals surface area contributed by atoms with Crippen LogP contribution in [0, 0.1) is 0 Å². The second-order valence-electron chi connectivity index (χ2n) is 8.86. The number of likely N-dealkylation sites (N-methyl/N-ethyl adjacent to an activating group) is 1. The number of benzene rings is 1. The Morgan fingerprint density at radius 3 is 1.91 bits per heavy atom. The molecule has 0 aliphatic rings. The van der Waals surface area contributed by atoms with Crippen LogP contribution in [0.15, 0.2) is 40.0 Å². The van der Waals surface area contributed by atoms with Crippen LogP contribution in [0.1, 0.15) is 64.2 Å². The van der Waals surface area contributed by atoms with Crippen molar-refractivity contribution in [3.8, 4) is 11.5 Å². The Balaban J connectivity index is 1.40. The molecular formula is C25H42N3O3S+. The summed E-state index contributed by atoms with van der Waals surface area (Å²) >= 11 is 1.65. The summed E-state index contributed by atoms with van der Waals surface area (Å²) in [4.78, 5) is 0. The van der Waals surface area contributed by atoms with Crippen molar-refractivity contribution < 1.29 is 19.1 Å². The zero-order valence-corrected chi connectivity index (χ0v) is 20.6. The Hall–Kier alpha value is -1.41. The molecule has 0 aliphatic carbocycles. The van der Waals surface area contributed by atoms with Gasteiger partial charge in [0.1, 0.15) is 13.1 Å². The van der Waals surface area contributed by atoms with Crippen molar-refractivity contribution in [2.24, 2.45) is 0 Å². The van der Waals surface area contributed by atoms with Gasteiger partial charge in [-0.2, -0.15) is 0 Å². The topological polar surface area (TPSA) is 79.4 Å². The first-order chi connectivity index (χ1) is 15.7. The molecule has 2 aromatic rings. The van der Waals surface area contributed by atoms with E-state index in [-0.39, 0.29) is 13.2 Å². The van der Waals surface area contributed by atoms with Gasteiger partial charge in [0.25, 0.3) is 5.22 Å². The van der Waals surface area contributed by atoms with E-state index in [9.17, 15) is 10.2 Å². The van der Waals surface area contributed by atoms with E-state index in [4.69, 9.17) is 4.42 Å². The molecule has 0 fully saturated rings. The predicted octanol–water partition coefficient (Wildman–Crippen LogP) is 5.16. The van der Waals surface area contributed by atoms with Crippen LogP contribution in [0.3, 0.4) is 0 Å². The first kappa shape index (κ1) is 26.8. The van der Waals surface area contributed by atoms with E-state index < -0.39 is 0 Å². The number of thioether (sulfide) groups is 1. The van der Waals surface area contributed by atoms with E-state index in [0.29, 0.717) is 11.1 Å². The van der Waals surface area contributed by atoms with Gasteiger partial charge in [0, 0.05) is 11.3 Å². The van der Waals surface area contributed by atoms with Crippen molar-refractivity contribution >= 4 is 11.8 Å². The highest BCUT2D eigenvalue weighted by atomic mass is 32.2. The fourth-order valence-electron chi connectivity index (χ4n) is 3.95. The molecule has 1 aromatic heterocycles. The van der Waals surface area contributed by atoms with Gasteiger partial charge >= 0.3 is 0 Å². The number of aromatic nitrogens is 2. The summed E-state index contributed by atoms with van der Waals surface area (Å²) in [7, 11) is 2.13. The summed E-state index contributed by atoms with van der Waals surface area (Å²) in [6, 6.07) is 9.89. The molecule has 6 nitrogen and oxygen atoms in total. The molecule has 7 heteroatoms. The second-order valence-corrected chi connectivity index (χ2v) is 9.91. The summed E-state index contributed by atoms with van der Waals surface area (Å²) in [6.07, 6.45) is 12.8. The van der Waals surface area contributed by atoms with E-state index in [0.717, 1.165) is 35.4 Å². The van der Waals surface area contributed by atoms with Crippen LogP contribution in [0.4, 0.5) is 0 Å². The van der Waals surface area contributed by atoms with Gasteiger partial charge in [-0.05, 0) is 31.4 Å². The van der Waals surface area contributed by atoms with Gasteiger partial charge in [-0.3, -0.25) is 0 Å². The zero-order chi connectivity index (χ0) is 22.9. The largest absolute Gasteiger partial charge is 0.411 e. The van der Waals surface area contributed by atoms with Crippen LogP contribution in [-0.2, 0) is 0 Å². The number of nitrogens with zero attached hydrogens (tertiary/aromatic N) is 3. The molecule has 0 saturated heterocycles. The maximum atomic E-state index is 9.20. The molecule has 0 amide bonds. The number of aliphatic hydroxyl groups excluding tert-OH is 2. The fourth-order valence-corrected chi connectivity index (χ4v) is 4.71. The third-order valence-corrected chi connectivity index (χ3v) is 6.93. The van der Waals surface area contributed by atoms with Crippen molar-refractivity contribution in [2.75, 3.05) is 45.6 Å². The molecule has 180 valence electrons. The maximum absolute atomic E-state index is 9.20. The van der Waals surface area contributed by atoms with E-state index in [1.165, 1.54) is 64.2 Å². The number of quaternary nitrogens is 1. The minimum atomic E-state index is 0.196. The third kappa shape index (κ3) is 10.9. The number of rotatable bonds is 19. The first-order valence-electron chi connectivity index (χ1n) is 12.2. The maximum Gasteiger partial charge on any atom is 0.276 e. The zero-order valence-electron chi connectivity index (χ0n) is 19.8. The summed E-state index contributed by atoms with van der Waals surface area (Å²) in [6.45, 7) is 2.92. The average molecular weight is 465 g/mol. The molecular weight excluding hydrogens is 422 g/mol. The van der Waals surface area contributed by atoms with Crippen molar-refractivity contribution in [1.29, 1.82) is 0 Å².